The van der Waals surface area contributed by atoms with Crippen molar-refractivity contribution in [2.75, 3.05) is 7.11 Å². The van der Waals surface area contributed by atoms with Crippen LogP contribution in [0.3, 0.4) is 0 Å². The third-order valence-electron chi connectivity index (χ3n) is 4.09. The fraction of sp³-hybridized carbons (Fsp3) is 0.143. The first-order chi connectivity index (χ1) is 13.5. The van der Waals surface area contributed by atoms with E-state index in [0.717, 1.165) is 21.8 Å². The average Bonchev–Trinajstić information content (AvgIpc) is 3.10. The van der Waals surface area contributed by atoms with Gasteiger partial charge in [-0.15, -0.1) is 11.3 Å². The Hall–Kier alpha value is -2.83. The van der Waals surface area contributed by atoms with E-state index in [1.165, 1.54) is 11.3 Å². The van der Waals surface area contributed by atoms with Crippen molar-refractivity contribution in [2.45, 2.75) is 13.0 Å². The first-order valence-electron chi connectivity index (χ1n) is 8.48. The average molecular weight is 416 g/mol. The number of carboxylic acid groups (broad SMARTS) is 1. The smallest absolute Gasteiger partial charge is 0.307 e. The molecule has 0 aliphatic rings. The summed E-state index contributed by atoms with van der Waals surface area (Å²) in [4.78, 5) is 25.0. The maximum Gasteiger partial charge on any atom is 0.307 e. The summed E-state index contributed by atoms with van der Waals surface area (Å²) in [6.07, 6.45) is -0.153. The highest BCUT2D eigenvalue weighted by Gasteiger charge is 2.18. The standard InChI is InChI=1S/C21H18ClNO4S/c1-27-17-8-2-13(3-9-17)12-23-21(26)18-10-15(11-19(24)25)20(28-18)14-4-6-16(22)7-5-14/h2-10H,11-12H2,1H3,(H,23,26)(H,24,25). The summed E-state index contributed by atoms with van der Waals surface area (Å²) in [5.41, 5.74) is 2.38. The number of hydrogen-bond donors (Lipinski definition) is 2. The van der Waals surface area contributed by atoms with Gasteiger partial charge in [-0.2, -0.15) is 0 Å². The number of rotatable bonds is 7. The zero-order chi connectivity index (χ0) is 20.1. The van der Waals surface area contributed by atoms with Crippen molar-refractivity contribution in [1.82, 2.24) is 5.32 Å². The van der Waals surface area contributed by atoms with Gasteiger partial charge < -0.3 is 15.2 Å². The molecule has 1 amide bonds. The zero-order valence-corrected chi connectivity index (χ0v) is 16.6. The Morgan fingerprint density at radius 1 is 1.11 bits per heavy atom. The summed E-state index contributed by atoms with van der Waals surface area (Å²) in [5.74, 6) is -0.440. The molecule has 0 atom stereocenters. The van der Waals surface area contributed by atoms with E-state index < -0.39 is 5.97 Å². The van der Waals surface area contributed by atoms with Crippen molar-refractivity contribution in [1.29, 1.82) is 0 Å². The van der Waals surface area contributed by atoms with Crippen molar-refractivity contribution in [3.63, 3.8) is 0 Å². The van der Waals surface area contributed by atoms with E-state index >= 15 is 0 Å². The van der Waals surface area contributed by atoms with Gasteiger partial charge >= 0.3 is 5.97 Å². The Morgan fingerprint density at radius 3 is 2.39 bits per heavy atom. The van der Waals surface area contributed by atoms with Crippen LogP contribution in [0.2, 0.25) is 5.02 Å². The Balaban J connectivity index is 1.79. The molecule has 3 aromatic rings. The number of carbonyl (C=O) groups excluding carboxylic acids is 1. The molecule has 0 aliphatic heterocycles. The van der Waals surface area contributed by atoms with Crippen LogP contribution < -0.4 is 10.1 Å². The van der Waals surface area contributed by atoms with Crippen LogP contribution in [0.5, 0.6) is 5.75 Å². The Bertz CT molecular complexity index is 981. The first kappa shape index (κ1) is 19.9. The maximum absolute atomic E-state index is 12.6. The third kappa shape index (κ3) is 4.91. The zero-order valence-electron chi connectivity index (χ0n) is 15.1. The molecule has 0 radical (unpaired) electrons. The number of hydrogen-bond acceptors (Lipinski definition) is 4. The van der Waals surface area contributed by atoms with E-state index in [-0.39, 0.29) is 12.3 Å². The van der Waals surface area contributed by atoms with Gasteiger partial charge in [0.2, 0.25) is 0 Å². The van der Waals surface area contributed by atoms with Gasteiger partial charge in [0.1, 0.15) is 5.75 Å². The number of nitrogens with one attached hydrogen (secondary N) is 1. The highest BCUT2D eigenvalue weighted by molar-refractivity contribution is 7.17. The molecule has 1 heterocycles. The van der Waals surface area contributed by atoms with E-state index in [4.69, 9.17) is 16.3 Å². The largest absolute Gasteiger partial charge is 0.497 e. The highest BCUT2D eigenvalue weighted by atomic mass is 35.5. The van der Waals surface area contributed by atoms with Gasteiger partial charge in [-0.25, -0.2) is 0 Å². The fourth-order valence-corrected chi connectivity index (χ4v) is 3.92. The molecular weight excluding hydrogens is 398 g/mol. The number of ether oxygens (including phenoxy) is 1. The minimum atomic E-state index is -0.946. The summed E-state index contributed by atoms with van der Waals surface area (Å²) in [7, 11) is 1.60. The molecule has 0 aliphatic carbocycles. The Kier molecular flexibility index (Phi) is 6.34. The van der Waals surface area contributed by atoms with Crippen LogP contribution in [0.1, 0.15) is 20.8 Å². The van der Waals surface area contributed by atoms with Crippen LogP contribution >= 0.6 is 22.9 Å². The van der Waals surface area contributed by atoms with Crippen LogP contribution in [0.25, 0.3) is 10.4 Å². The molecule has 0 saturated heterocycles. The molecule has 2 N–H and O–H groups in total. The van der Waals surface area contributed by atoms with Gasteiger partial charge in [-0.3, -0.25) is 9.59 Å². The third-order valence-corrected chi connectivity index (χ3v) is 5.57. The van der Waals surface area contributed by atoms with Crippen LogP contribution in [0.4, 0.5) is 0 Å². The predicted octanol–water partition coefficient (Wildman–Crippen LogP) is 4.63. The number of methoxy groups -OCH3 is 1. The van der Waals surface area contributed by atoms with Crippen molar-refractivity contribution >= 4 is 34.8 Å². The van der Waals surface area contributed by atoms with Crippen molar-refractivity contribution in [2.24, 2.45) is 0 Å². The van der Waals surface area contributed by atoms with E-state index in [1.807, 2.05) is 36.4 Å². The predicted molar refractivity (Wildman–Crippen MR) is 110 cm³/mol. The number of benzene rings is 2. The van der Waals surface area contributed by atoms with Gasteiger partial charge in [0.05, 0.1) is 18.4 Å². The molecule has 2 aromatic carbocycles. The minimum Gasteiger partial charge on any atom is -0.497 e. The SMILES string of the molecule is COc1ccc(CNC(=O)c2cc(CC(=O)O)c(-c3ccc(Cl)cc3)s2)cc1. The summed E-state index contributed by atoms with van der Waals surface area (Å²) in [5, 5.41) is 12.7. The van der Waals surface area contributed by atoms with Crippen LogP contribution in [-0.2, 0) is 17.8 Å². The molecule has 0 unspecified atom stereocenters. The lowest BCUT2D eigenvalue weighted by molar-refractivity contribution is -0.136. The van der Waals surface area contributed by atoms with E-state index in [2.05, 4.69) is 5.32 Å². The molecule has 0 saturated carbocycles. The Morgan fingerprint density at radius 2 is 1.79 bits per heavy atom. The van der Waals surface area contributed by atoms with Crippen LogP contribution in [0, 0.1) is 0 Å². The molecule has 28 heavy (non-hydrogen) atoms. The molecule has 3 rings (SSSR count). The van der Waals surface area contributed by atoms with Gasteiger partial charge in [-0.1, -0.05) is 35.9 Å². The second-order valence-electron chi connectivity index (χ2n) is 6.07. The highest BCUT2D eigenvalue weighted by Crippen LogP contribution is 2.34. The van der Waals surface area contributed by atoms with Crippen molar-refractivity contribution < 1.29 is 19.4 Å². The van der Waals surface area contributed by atoms with E-state index in [0.29, 0.717) is 22.0 Å². The minimum absolute atomic E-state index is 0.153. The molecule has 0 spiro atoms. The Labute approximate surface area is 171 Å². The monoisotopic (exact) mass is 415 g/mol. The first-order valence-corrected chi connectivity index (χ1v) is 9.67. The van der Waals surface area contributed by atoms with Gasteiger partial charge in [0, 0.05) is 16.4 Å². The molecule has 1 aromatic heterocycles. The topological polar surface area (TPSA) is 75.6 Å². The molecule has 7 heteroatoms. The van der Waals surface area contributed by atoms with Crippen molar-refractivity contribution in [3.05, 3.63) is 75.6 Å². The second-order valence-corrected chi connectivity index (χ2v) is 7.56. The van der Waals surface area contributed by atoms with Gasteiger partial charge in [0.15, 0.2) is 0 Å². The lowest BCUT2D eigenvalue weighted by Gasteiger charge is -2.05. The van der Waals surface area contributed by atoms with Crippen LogP contribution in [-0.4, -0.2) is 24.1 Å². The molecule has 0 fully saturated rings. The summed E-state index contributed by atoms with van der Waals surface area (Å²) < 4.78 is 5.12. The maximum atomic E-state index is 12.6. The second kappa shape index (κ2) is 8.91. The summed E-state index contributed by atoms with van der Waals surface area (Å²) in [6, 6.07) is 16.2. The van der Waals surface area contributed by atoms with Gasteiger partial charge in [0.25, 0.3) is 5.91 Å². The van der Waals surface area contributed by atoms with Gasteiger partial charge in [-0.05, 0) is 47.0 Å². The lowest BCUT2D eigenvalue weighted by Crippen LogP contribution is -2.21. The van der Waals surface area contributed by atoms with Crippen molar-refractivity contribution in [3.8, 4) is 16.2 Å². The summed E-state index contributed by atoms with van der Waals surface area (Å²) in [6.45, 7) is 0.366. The number of amides is 1. The number of carbonyl (C=O) groups is 2. The summed E-state index contributed by atoms with van der Waals surface area (Å²) >= 11 is 7.21. The van der Waals surface area contributed by atoms with E-state index in [9.17, 15) is 14.7 Å². The van der Waals surface area contributed by atoms with E-state index in [1.54, 1.807) is 25.3 Å². The number of thiophene rings is 1. The fourth-order valence-electron chi connectivity index (χ4n) is 2.69. The van der Waals surface area contributed by atoms with Crippen LogP contribution in [0.15, 0.2) is 54.6 Å². The molecule has 0 bridgehead atoms. The molecule has 5 nitrogen and oxygen atoms in total. The molecule has 144 valence electrons. The number of halogens is 1. The molecular formula is C21H18ClNO4S. The quantitative estimate of drug-likeness (QED) is 0.589. The normalized spacial score (nSPS) is 10.5. The number of carboxylic acids is 1. The number of aliphatic carboxylic acids is 1. The lowest BCUT2D eigenvalue weighted by atomic mass is 10.1.